The maximum Gasteiger partial charge on any atom is 0.255 e. The standard InChI is InChI=1S/C24H24N2O/c1-18-5-4-8-23(15-18)25-24(27)21-11-9-19(10-12-21)16-26-14-13-20-6-2-3-7-22(20)17-26/h2-12,15H,13-14,16-17H2,1H3,(H,25,27)/p+1. The van der Waals surface area contributed by atoms with Crippen molar-refractivity contribution in [2.45, 2.75) is 26.4 Å². The number of anilines is 1. The third kappa shape index (κ3) is 4.26. The quantitative estimate of drug-likeness (QED) is 0.737. The highest BCUT2D eigenvalue weighted by Gasteiger charge is 2.19. The van der Waals surface area contributed by atoms with Crippen molar-refractivity contribution in [2.24, 2.45) is 0 Å². The van der Waals surface area contributed by atoms with Crippen LogP contribution in [0.2, 0.25) is 0 Å². The average molecular weight is 357 g/mol. The van der Waals surface area contributed by atoms with Gasteiger partial charge in [-0.1, -0.05) is 48.5 Å². The van der Waals surface area contributed by atoms with Gasteiger partial charge in [-0.25, -0.2) is 0 Å². The Hall–Kier alpha value is -2.91. The van der Waals surface area contributed by atoms with E-state index in [1.54, 1.807) is 4.90 Å². The lowest BCUT2D eigenvalue weighted by molar-refractivity contribution is -0.929. The summed E-state index contributed by atoms with van der Waals surface area (Å²) in [6, 6.07) is 24.6. The van der Waals surface area contributed by atoms with E-state index in [0.29, 0.717) is 5.56 Å². The topological polar surface area (TPSA) is 33.5 Å². The minimum Gasteiger partial charge on any atom is -0.327 e. The summed E-state index contributed by atoms with van der Waals surface area (Å²) in [5.74, 6) is -0.0635. The number of nitrogens with one attached hydrogen (secondary N) is 2. The van der Waals surface area contributed by atoms with Gasteiger partial charge in [-0.3, -0.25) is 4.79 Å². The van der Waals surface area contributed by atoms with Crippen LogP contribution in [-0.2, 0) is 19.5 Å². The molecule has 3 nitrogen and oxygen atoms in total. The SMILES string of the molecule is Cc1cccc(NC(=O)c2ccc(C[NH+]3CCc4ccccc4C3)cc2)c1. The molecule has 0 bridgehead atoms. The summed E-state index contributed by atoms with van der Waals surface area (Å²) in [7, 11) is 0. The van der Waals surface area contributed by atoms with Crippen LogP contribution in [0.15, 0.2) is 72.8 Å². The molecule has 0 aliphatic carbocycles. The van der Waals surface area contributed by atoms with E-state index >= 15 is 0 Å². The fraction of sp³-hybridized carbons (Fsp3) is 0.208. The van der Waals surface area contributed by atoms with Gasteiger partial charge in [0.1, 0.15) is 13.1 Å². The van der Waals surface area contributed by atoms with Gasteiger partial charge in [0.2, 0.25) is 0 Å². The molecule has 0 fully saturated rings. The predicted octanol–water partition coefficient (Wildman–Crippen LogP) is 3.39. The van der Waals surface area contributed by atoms with E-state index in [4.69, 9.17) is 0 Å². The number of carbonyl (C=O) groups is 1. The number of aryl methyl sites for hydroxylation is 1. The highest BCUT2D eigenvalue weighted by atomic mass is 16.1. The molecule has 1 heterocycles. The molecule has 1 amide bonds. The molecule has 0 saturated heterocycles. The lowest BCUT2D eigenvalue weighted by Gasteiger charge is -2.26. The second kappa shape index (κ2) is 7.77. The van der Waals surface area contributed by atoms with Gasteiger partial charge in [0.05, 0.1) is 6.54 Å². The van der Waals surface area contributed by atoms with Gasteiger partial charge in [0.15, 0.2) is 0 Å². The molecule has 2 N–H and O–H groups in total. The first kappa shape index (κ1) is 17.5. The van der Waals surface area contributed by atoms with Gasteiger partial charge in [-0.05, 0) is 42.3 Å². The van der Waals surface area contributed by atoms with Gasteiger partial charge in [-0.15, -0.1) is 0 Å². The molecule has 1 aliphatic rings. The van der Waals surface area contributed by atoms with Crippen LogP contribution in [0, 0.1) is 6.92 Å². The third-order valence-corrected chi connectivity index (χ3v) is 5.25. The highest BCUT2D eigenvalue weighted by molar-refractivity contribution is 6.04. The molecule has 0 aromatic heterocycles. The summed E-state index contributed by atoms with van der Waals surface area (Å²) < 4.78 is 0. The lowest BCUT2D eigenvalue weighted by atomic mass is 9.99. The molecule has 3 aromatic carbocycles. The summed E-state index contributed by atoms with van der Waals surface area (Å²) in [4.78, 5) is 14.0. The summed E-state index contributed by atoms with van der Waals surface area (Å²) in [5, 5.41) is 2.97. The van der Waals surface area contributed by atoms with Crippen LogP contribution < -0.4 is 10.2 Å². The Balaban J connectivity index is 1.38. The Morgan fingerprint density at radius 3 is 2.52 bits per heavy atom. The van der Waals surface area contributed by atoms with Crippen LogP contribution in [0.1, 0.15) is 32.6 Å². The first-order valence-corrected chi connectivity index (χ1v) is 9.55. The minimum absolute atomic E-state index is 0.0635. The molecule has 0 saturated carbocycles. The van der Waals surface area contributed by atoms with E-state index < -0.39 is 0 Å². The van der Waals surface area contributed by atoms with Crippen molar-refractivity contribution in [1.29, 1.82) is 0 Å². The van der Waals surface area contributed by atoms with Crippen molar-refractivity contribution in [3.8, 4) is 0 Å². The zero-order valence-electron chi connectivity index (χ0n) is 15.7. The average Bonchev–Trinajstić information content (AvgIpc) is 2.68. The zero-order chi connectivity index (χ0) is 18.6. The number of amides is 1. The second-order valence-corrected chi connectivity index (χ2v) is 7.39. The van der Waals surface area contributed by atoms with Gasteiger partial charge < -0.3 is 10.2 Å². The van der Waals surface area contributed by atoms with Gasteiger partial charge in [-0.2, -0.15) is 0 Å². The van der Waals surface area contributed by atoms with Crippen molar-refractivity contribution < 1.29 is 9.69 Å². The van der Waals surface area contributed by atoms with Crippen molar-refractivity contribution in [3.05, 3.63) is 101 Å². The first-order valence-electron chi connectivity index (χ1n) is 9.55. The fourth-order valence-corrected chi connectivity index (χ4v) is 3.78. The maximum absolute atomic E-state index is 12.4. The van der Waals surface area contributed by atoms with E-state index in [1.807, 2.05) is 43.3 Å². The van der Waals surface area contributed by atoms with E-state index in [-0.39, 0.29) is 5.91 Å². The smallest absolute Gasteiger partial charge is 0.255 e. The Kier molecular flexibility index (Phi) is 5.03. The number of benzene rings is 3. The number of hydrogen-bond acceptors (Lipinski definition) is 1. The predicted molar refractivity (Wildman–Crippen MR) is 109 cm³/mol. The minimum atomic E-state index is -0.0635. The van der Waals surface area contributed by atoms with Crippen molar-refractivity contribution in [3.63, 3.8) is 0 Å². The number of quaternary nitrogens is 1. The molecular formula is C24H25N2O+. The monoisotopic (exact) mass is 357 g/mol. The summed E-state index contributed by atoms with van der Waals surface area (Å²) >= 11 is 0. The van der Waals surface area contributed by atoms with Gasteiger partial charge in [0.25, 0.3) is 5.91 Å². The van der Waals surface area contributed by atoms with Gasteiger partial charge >= 0.3 is 0 Å². The van der Waals surface area contributed by atoms with Crippen LogP contribution in [0.25, 0.3) is 0 Å². The maximum atomic E-state index is 12.4. The van der Waals surface area contributed by atoms with Gasteiger partial charge in [0, 0.05) is 28.8 Å². The zero-order valence-corrected chi connectivity index (χ0v) is 15.7. The highest BCUT2D eigenvalue weighted by Crippen LogP contribution is 2.13. The van der Waals surface area contributed by atoms with Crippen LogP contribution in [0.4, 0.5) is 5.69 Å². The van der Waals surface area contributed by atoms with Crippen LogP contribution in [0.5, 0.6) is 0 Å². The lowest BCUT2D eigenvalue weighted by Crippen LogP contribution is -3.10. The number of hydrogen-bond donors (Lipinski definition) is 2. The molecule has 0 radical (unpaired) electrons. The number of fused-ring (bicyclic) bond motifs is 1. The van der Waals surface area contributed by atoms with Crippen LogP contribution >= 0.6 is 0 Å². The molecule has 1 unspecified atom stereocenters. The van der Waals surface area contributed by atoms with E-state index in [1.165, 1.54) is 16.7 Å². The second-order valence-electron chi connectivity index (χ2n) is 7.39. The molecule has 1 aliphatic heterocycles. The molecule has 3 aromatic rings. The van der Waals surface area contributed by atoms with Crippen molar-refractivity contribution in [2.75, 3.05) is 11.9 Å². The molecule has 136 valence electrons. The normalized spacial score (nSPS) is 15.8. The number of carbonyl (C=O) groups excluding carboxylic acids is 1. The van der Waals surface area contributed by atoms with Crippen LogP contribution in [-0.4, -0.2) is 12.5 Å². The molecule has 0 spiro atoms. The molecule has 1 atom stereocenters. The molecule has 4 rings (SSSR count). The molecule has 3 heteroatoms. The largest absolute Gasteiger partial charge is 0.327 e. The Labute approximate surface area is 160 Å². The van der Waals surface area contributed by atoms with E-state index in [2.05, 4.69) is 41.7 Å². The van der Waals surface area contributed by atoms with Crippen LogP contribution in [0.3, 0.4) is 0 Å². The molecule has 27 heavy (non-hydrogen) atoms. The third-order valence-electron chi connectivity index (χ3n) is 5.25. The fourth-order valence-electron chi connectivity index (χ4n) is 3.78. The van der Waals surface area contributed by atoms with Crippen molar-refractivity contribution >= 4 is 11.6 Å². The molecular weight excluding hydrogens is 332 g/mol. The number of rotatable bonds is 4. The Morgan fingerprint density at radius 2 is 1.74 bits per heavy atom. The Bertz CT molecular complexity index is 947. The summed E-state index contributed by atoms with van der Waals surface area (Å²) in [6.45, 7) is 5.25. The Morgan fingerprint density at radius 1 is 0.963 bits per heavy atom. The van der Waals surface area contributed by atoms with E-state index in [0.717, 1.165) is 37.3 Å². The summed E-state index contributed by atoms with van der Waals surface area (Å²) in [6.07, 6.45) is 1.14. The van der Waals surface area contributed by atoms with Crippen molar-refractivity contribution in [1.82, 2.24) is 0 Å². The summed E-state index contributed by atoms with van der Waals surface area (Å²) in [5.41, 5.74) is 6.89. The first-order chi connectivity index (χ1) is 13.2. The van der Waals surface area contributed by atoms with E-state index in [9.17, 15) is 4.79 Å².